The third-order valence-corrected chi connectivity index (χ3v) is 20.1. The number of carboxylic acid groups (broad SMARTS) is 1. The molecule has 94 heavy (non-hydrogen) atoms. The average Bonchev–Trinajstić information content (AvgIpc) is 3.35. The van der Waals surface area contributed by atoms with Crippen LogP contribution in [0, 0.1) is 0 Å². The van der Waals surface area contributed by atoms with Crippen molar-refractivity contribution in [3.05, 3.63) is 0 Å². The summed E-state index contributed by atoms with van der Waals surface area (Å²) >= 11 is 0. The van der Waals surface area contributed by atoms with Crippen molar-refractivity contribution in [1.29, 1.82) is 0 Å². The zero-order chi connectivity index (χ0) is 68.2. The standard InChI is InChI=1S/C85H167NO8/c1-6-8-10-12-14-16-18-20-22-24-26-28-30-32-34-36-37-38-39-40-41-42-43-44-45-46-48-50-52-54-56-58-60-62-64-66-68-70-72-74-76-83(88)94-81(80-93-85(84(89)90)91-78-77-86(3,4)5)79-92-82(87)75-73-71-69-67-65-63-61-59-57-55-53-51-49-47-35-33-31-29-27-25-23-21-19-17-15-13-11-9-7-2/h81,85H,6-80H2,1-5H3. The fourth-order valence-electron chi connectivity index (χ4n) is 13.6. The second-order valence-corrected chi connectivity index (χ2v) is 30.9. The Hall–Kier alpha value is -1.71. The van der Waals surface area contributed by atoms with E-state index < -0.39 is 24.3 Å². The number of hydrogen-bond acceptors (Lipinski definition) is 8. The maximum Gasteiger partial charge on any atom is 0.306 e. The molecule has 0 N–H and O–H groups in total. The predicted molar refractivity (Wildman–Crippen MR) is 404 cm³/mol. The molecule has 0 aromatic carbocycles. The number of unbranched alkanes of at least 4 members (excludes halogenated alkanes) is 67. The molecule has 0 aliphatic carbocycles. The summed E-state index contributed by atoms with van der Waals surface area (Å²) in [6.45, 7) is 4.86. The molecule has 0 rings (SSSR count). The van der Waals surface area contributed by atoms with Crippen LogP contribution in [0.25, 0.3) is 0 Å². The minimum absolute atomic E-state index is 0.154. The van der Waals surface area contributed by atoms with Crippen LogP contribution >= 0.6 is 0 Å². The second-order valence-electron chi connectivity index (χ2n) is 30.9. The lowest BCUT2D eigenvalue weighted by Crippen LogP contribution is -2.44. The Labute approximate surface area is 587 Å². The van der Waals surface area contributed by atoms with Crippen LogP contribution in [0.5, 0.6) is 0 Å². The maximum absolute atomic E-state index is 13.0. The molecule has 0 saturated heterocycles. The molecular weight excluding hydrogens is 1160 g/mol. The van der Waals surface area contributed by atoms with E-state index in [1.54, 1.807) is 0 Å². The number of ether oxygens (including phenoxy) is 4. The van der Waals surface area contributed by atoms with Crippen LogP contribution in [-0.2, 0) is 33.3 Å². The second kappa shape index (κ2) is 77.0. The molecule has 9 heteroatoms. The summed E-state index contributed by atoms with van der Waals surface area (Å²) < 4.78 is 22.9. The summed E-state index contributed by atoms with van der Waals surface area (Å²) in [6.07, 6.45) is 92.7. The molecule has 0 spiro atoms. The van der Waals surface area contributed by atoms with Gasteiger partial charge in [0.25, 0.3) is 0 Å². The van der Waals surface area contributed by atoms with E-state index in [0.717, 1.165) is 38.5 Å². The monoisotopic (exact) mass is 1330 g/mol. The van der Waals surface area contributed by atoms with Gasteiger partial charge in [0, 0.05) is 12.8 Å². The Balaban J connectivity index is 3.89. The van der Waals surface area contributed by atoms with Gasteiger partial charge in [0.1, 0.15) is 13.2 Å². The normalized spacial score (nSPS) is 12.5. The number of carbonyl (C=O) groups excluding carboxylic acids is 3. The molecule has 2 unspecified atom stereocenters. The van der Waals surface area contributed by atoms with Gasteiger partial charge in [-0.15, -0.1) is 0 Å². The van der Waals surface area contributed by atoms with Gasteiger partial charge >= 0.3 is 11.9 Å². The molecule has 0 amide bonds. The molecule has 2 atom stereocenters. The number of rotatable bonds is 82. The number of nitrogens with zero attached hydrogens (tertiary/aromatic N) is 1. The molecule has 0 radical (unpaired) electrons. The highest BCUT2D eigenvalue weighted by molar-refractivity contribution is 5.70. The number of carboxylic acids is 1. The van der Waals surface area contributed by atoms with E-state index in [9.17, 15) is 19.5 Å². The molecule has 560 valence electrons. The fourth-order valence-corrected chi connectivity index (χ4v) is 13.6. The first-order valence-corrected chi connectivity index (χ1v) is 42.7. The Kier molecular flexibility index (Phi) is 75.6. The third kappa shape index (κ3) is 77.6. The summed E-state index contributed by atoms with van der Waals surface area (Å²) in [5, 5.41) is 11.9. The molecule has 0 bridgehead atoms. The first-order valence-electron chi connectivity index (χ1n) is 42.7. The van der Waals surface area contributed by atoms with E-state index in [2.05, 4.69) is 13.8 Å². The van der Waals surface area contributed by atoms with Crippen LogP contribution < -0.4 is 5.11 Å². The van der Waals surface area contributed by atoms with Crippen molar-refractivity contribution in [2.24, 2.45) is 0 Å². The summed E-state index contributed by atoms with van der Waals surface area (Å²) in [6, 6.07) is 0. The van der Waals surface area contributed by atoms with Gasteiger partial charge in [0.15, 0.2) is 12.4 Å². The summed E-state index contributed by atoms with van der Waals surface area (Å²) in [4.78, 5) is 37.6. The van der Waals surface area contributed by atoms with Crippen LogP contribution in [0.3, 0.4) is 0 Å². The SMILES string of the molecule is CCCCCCCCCCCCCCCCCCCCCCCCCCCCCCCCCCCCCCCCCCC(=O)OC(COC(=O)CCCCCCCCCCCCCCCCCCCCCCCCCCCCCCC)COC(OCC[N+](C)(C)C)C(=O)[O-]. The molecule has 0 aliphatic heterocycles. The molecule has 9 nitrogen and oxygen atoms in total. The number of hydrogen-bond donors (Lipinski definition) is 0. The Morgan fingerprint density at radius 1 is 0.277 bits per heavy atom. The zero-order valence-electron chi connectivity index (χ0n) is 64.4. The number of carbonyl (C=O) groups is 3. The van der Waals surface area contributed by atoms with E-state index in [1.165, 1.54) is 405 Å². The number of aliphatic carboxylic acids is 1. The molecule has 0 saturated carbocycles. The molecule has 0 aromatic heterocycles. The van der Waals surface area contributed by atoms with Crippen molar-refractivity contribution >= 4 is 17.9 Å². The highest BCUT2D eigenvalue weighted by Crippen LogP contribution is 2.21. The largest absolute Gasteiger partial charge is 0.545 e. The highest BCUT2D eigenvalue weighted by Gasteiger charge is 2.22. The van der Waals surface area contributed by atoms with Gasteiger partial charge in [-0.1, -0.05) is 444 Å². The van der Waals surface area contributed by atoms with E-state index in [1.807, 2.05) is 21.1 Å². The van der Waals surface area contributed by atoms with Crippen molar-refractivity contribution < 1.29 is 42.9 Å². The summed E-state index contributed by atoms with van der Waals surface area (Å²) in [5.41, 5.74) is 0. The van der Waals surface area contributed by atoms with Crippen molar-refractivity contribution in [3.63, 3.8) is 0 Å². The lowest BCUT2D eigenvalue weighted by atomic mass is 10.0. The third-order valence-electron chi connectivity index (χ3n) is 20.1. The van der Waals surface area contributed by atoms with Gasteiger partial charge < -0.3 is 33.3 Å². The first-order chi connectivity index (χ1) is 46.1. The Morgan fingerprint density at radius 3 is 0.681 bits per heavy atom. The minimum Gasteiger partial charge on any atom is -0.545 e. The highest BCUT2D eigenvalue weighted by atomic mass is 16.7. The van der Waals surface area contributed by atoms with Gasteiger partial charge in [0.2, 0.25) is 0 Å². The van der Waals surface area contributed by atoms with Crippen molar-refractivity contribution in [2.45, 2.75) is 482 Å². The number of likely N-dealkylation sites (N-methyl/N-ethyl adjacent to an activating group) is 1. The lowest BCUT2D eigenvalue weighted by molar-refractivity contribution is -0.870. The van der Waals surface area contributed by atoms with Crippen molar-refractivity contribution in [1.82, 2.24) is 0 Å². The zero-order valence-corrected chi connectivity index (χ0v) is 64.4. The van der Waals surface area contributed by atoms with Crippen LogP contribution in [0.4, 0.5) is 0 Å². The first kappa shape index (κ1) is 92.3. The van der Waals surface area contributed by atoms with Crippen LogP contribution in [0.1, 0.15) is 470 Å². The molecule has 0 fully saturated rings. The topological polar surface area (TPSA) is 111 Å². The van der Waals surface area contributed by atoms with Crippen molar-refractivity contribution in [3.8, 4) is 0 Å². The molecule has 0 aliphatic rings. The summed E-state index contributed by atoms with van der Waals surface area (Å²) in [7, 11) is 5.96. The fraction of sp³-hybridized carbons (Fsp3) is 0.965. The smallest absolute Gasteiger partial charge is 0.306 e. The molecule has 0 aromatic rings. The van der Waals surface area contributed by atoms with Gasteiger partial charge in [-0.2, -0.15) is 0 Å². The quantitative estimate of drug-likeness (QED) is 0.0256. The number of quaternary nitrogens is 1. The Bertz CT molecular complexity index is 1500. The van der Waals surface area contributed by atoms with E-state index in [4.69, 9.17) is 18.9 Å². The van der Waals surface area contributed by atoms with Crippen molar-refractivity contribution in [2.75, 3.05) is 47.5 Å². The molecular formula is C85H167NO8. The lowest BCUT2D eigenvalue weighted by Gasteiger charge is -2.26. The van der Waals surface area contributed by atoms with E-state index in [0.29, 0.717) is 17.4 Å². The maximum atomic E-state index is 13.0. The minimum atomic E-state index is -1.62. The van der Waals surface area contributed by atoms with Crippen LogP contribution in [0.2, 0.25) is 0 Å². The predicted octanol–water partition coefficient (Wildman–Crippen LogP) is 26.0. The average molecular weight is 1330 g/mol. The van der Waals surface area contributed by atoms with Gasteiger partial charge in [-0.05, 0) is 12.8 Å². The van der Waals surface area contributed by atoms with Crippen LogP contribution in [-0.4, -0.2) is 82.3 Å². The Morgan fingerprint density at radius 2 is 0.479 bits per heavy atom. The summed E-state index contributed by atoms with van der Waals surface area (Å²) in [5.74, 6) is -2.24. The van der Waals surface area contributed by atoms with Gasteiger partial charge in [-0.3, -0.25) is 9.59 Å². The number of esters is 2. The van der Waals surface area contributed by atoms with Gasteiger partial charge in [0.05, 0.1) is 40.3 Å². The van der Waals surface area contributed by atoms with E-state index >= 15 is 0 Å². The molecule has 0 heterocycles. The van der Waals surface area contributed by atoms with Crippen LogP contribution in [0.15, 0.2) is 0 Å². The van der Waals surface area contributed by atoms with E-state index in [-0.39, 0.29) is 32.2 Å². The van der Waals surface area contributed by atoms with Gasteiger partial charge in [-0.25, -0.2) is 0 Å².